The first kappa shape index (κ1) is 17.7. The van der Waals surface area contributed by atoms with Crippen LogP contribution in [0.4, 0.5) is 5.69 Å². The number of piperazine rings is 1. The maximum atomic E-state index is 12.7. The fourth-order valence-electron chi connectivity index (χ4n) is 4.32. The van der Waals surface area contributed by atoms with E-state index in [1.807, 2.05) is 53.0 Å². The molecule has 1 aromatic heterocycles. The lowest BCUT2D eigenvalue weighted by Crippen LogP contribution is -2.66. The molecule has 1 spiro atoms. The van der Waals surface area contributed by atoms with Crippen LogP contribution in [0.15, 0.2) is 42.7 Å². The Morgan fingerprint density at radius 1 is 1.22 bits per heavy atom. The van der Waals surface area contributed by atoms with Gasteiger partial charge in [0.2, 0.25) is 11.8 Å². The van der Waals surface area contributed by atoms with Gasteiger partial charge in [0.25, 0.3) is 0 Å². The van der Waals surface area contributed by atoms with Gasteiger partial charge in [-0.1, -0.05) is 18.2 Å². The van der Waals surface area contributed by atoms with E-state index in [-0.39, 0.29) is 23.9 Å². The molecule has 3 heterocycles. The van der Waals surface area contributed by atoms with Gasteiger partial charge in [-0.25, -0.2) is 4.98 Å². The highest BCUT2D eigenvalue weighted by molar-refractivity contribution is 5.98. The van der Waals surface area contributed by atoms with Crippen LogP contribution >= 0.6 is 0 Å². The Labute approximate surface area is 159 Å². The molecule has 0 unspecified atom stereocenters. The SMILES string of the molecule is CC(=O)N1CC(=O)N(c2ccccc2)C[C@@]12CCN(Cc1nccn1C)C2. The summed E-state index contributed by atoms with van der Waals surface area (Å²) in [5, 5.41) is 0. The average molecular weight is 367 g/mol. The molecule has 7 heteroatoms. The van der Waals surface area contributed by atoms with Crippen LogP contribution in [0.1, 0.15) is 19.2 Å². The standard InChI is InChI=1S/C20H25N5O2/c1-16(26)25-13-19(27)24(17-6-4-3-5-7-17)15-20(25)8-10-23(14-20)12-18-21-9-11-22(18)2/h3-7,9,11H,8,10,12-15H2,1-2H3/t20-/m0/s1. The number of likely N-dealkylation sites (tertiary alicyclic amines) is 1. The Hall–Kier alpha value is -2.67. The largest absolute Gasteiger partial charge is 0.337 e. The van der Waals surface area contributed by atoms with E-state index < -0.39 is 0 Å². The molecule has 0 aliphatic carbocycles. The zero-order valence-electron chi connectivity index (χ0n) is 15.8. The molecule has 0 radical (unpaired) electrons. The summed E-state index contributed by atoms with van der Waals surface area (Å²) in [7, 11) is 1.99. The number of nitrogens with zero attached hydrogens (tertiary/aromatic N) is 5. The van der Waals surface area contributed by atoms with Gasteiger partial charge in [0.1, 0.15) is 12.4 Å². The lowest BCUT2D eigenvalue weighted by Gasteiger charge is -2.48. The number of carbonyl (C=O) groups is 2. The number of aromatic nitrogens is 2. The van der Waals surface area contributed by atoms with Gasteiger partial charge in [-0.3, -0.25) is 14.5 Å². The summed E-state index contributed by atoms with van der Waals surface area (Å²) in [5.41, 5.74) is 0.549. The van der Waals surface area contributed by atoms with Crippen LogP contribution in [0, 0.1) is 0 Å². The number of hydrogen-bond donors (Lipinski definition) is 0. The molecule has 2 aliphatic heterocycles. The summed E-state index contributed by atoms with van der Waals surface area (Å²) < 4.78 is 2.02. The summed E-state index contributed by atoms with van der Waals surface area (Å²) in [4.78, 5) is 35.5. The molecule has 2 amide bonds. The quantitative estimate of drug-likeness (QED) is 0.819. The van der Waals surface area contributed by atoms with Gasteiger partial charge < -0.3 is 14.4 Å². The van der Waals surface area contributed by atoms with Crippen LogP contribution in [0.25, 0.3) is 0 Å². The molecular weight excluding hydrogens is 342 g/mol. The predicted molar refractivity (Wildman–Crippen MR) is 102 cm³/mol. The third-order valence-corrected chi connectivity index (χ3v) is 5.76. The van der Waals surface area contributed by atoms with E-state index in [1.165, 1.54) is 0 Å². The highest BCUT2D eigenvalue weighted by Gasteiger charge is 2.50. The van der Waals surface area contributed by atoms with Crippen molar-refractivity contribution >= 4 is 17.5 Å². The molecular formula is C20H25N5O2. The number of carbonyl (C=O) groups excluding carboxylic acids is 2. The van der Waals surface area contributed by atoms with Crippen LogP contribution in [0.5, 0.6) is 0 Å². The Morgan fingerprint density at radius 3 is 2.67 bits per heavy atom. The Morgan fingerprint density at radius 2 is 2.00 bits per heavy atom. The van der Waals surface area contributed by atoms with Crippen molar-refractivity contribution in [2.24, 2.45) is 7.05 Å². The lowest BCUT2D eigenvalue weighted by atomic mass is 9.91. The topological polar surface area (TPSA) is 61.7 Å². The fourth-order valence-corrected chi connectivity index (χ4v) is 4.32. The summed E-state index contributed by atoms with van der Waals surface area (Å²) in [6.45, 7) is 4.61. The maximum Gasteiger partial charge on any atom is 0.246 e. The van der Waals surface area contributed by atoms with Gasteiger partial charge in [0.15, 0.2) is 0 Å². The van der Waals surface area contributed by atoms with E-state index in [0.717, 1.165) is 37.6 Å². The first-order valence-electron chi connectivity index (χ1n) is 9.31. The number of para-hydroxylation sites is 1. The normalized spacial score (nSPS) is 23.4. The van der Waals surface area contributed by atoms with E-state index in [0.29, 0.717) is 6.54 Å². The van der Waals surface area contributed by atoms with E-state index in [9.17, 15) is 9.59 Å². The monoisotopic (exact) mass is 367 g/mol. The number of hydrogen-bond acceptors (Lipinski definition) is 4. The minimum atomic E-state index is -0.346. The Balaban J connectivity index is 1.59. The van der Waals surface area contributed by atoms with Gasteiger partial charge in [0.05, 0.1) is 18.6 Å². The van der Waals surface area contributed by atoms with Crippen LogP contribution in [0.2, 0.25) is 0 Å². The minimum absolute atomic E-state index is 0.0235. The molecule has 27 heavy (non-hydrogen) atoms. The number of benzene rings is 1. The zero-order valence-corrected chi connectivity index (χ0v) is 15.8. The third kappa shape index (κ3) is 3.23. The second kappa shape index (κ2) is 6.81. The molecule has 1 atom stereocenters. The number of rotatable bonds is 3. The smallest absolute Gasteiger partial charge is 0.246 e. The minimum Gasteiger partial charge on any atom is -0.337 e. The van der Waals surface area contributed by atoms with Crippen molar-refractivity contribution in [3.8, 4) is 0 Å². The number of amides is 2. The van der Waals surface area contributed by atoms with E-state index in [2.05, 4.69) is 9.88 Å². The molecule has 2 aromatic rings. The molecule has 0 N–H and O–H groups in total. The molecule has 2 saturated heterocycles. The first-order chi connectivity index (χ1) is 13.0. The molecule has 7 nitrogen and oxygen atoms in total. The van der Waals surface area contributed by atoms with Crippen LogP contribution in [0.3, 0.4) is 0 Å². The van der Waals surface area contributed by atoms with E-state index in [4.69, 9.17) is 0 Å². The first-order valence-corrected chi connectivity index (χ1v) is 9.31. The van der Waals surface area contributed by atoms with Crippen LogP contribution in [-0.2, 0) is 23.2 Å². The Kier molecular flexibility index (Phi) is 4.47. The van der Waals surface area contributed by atoms with Gasteiger partial charge in [-0.2, -0.15) is 0 Å². The average Bonchev–Trinajstić information content (AvgIpc) is 3.25. The molecule has 1 aromatic carbocycles. The third-order valence-electron chi connectivity index (χ3n) is 5.76. The lowest BCUT2D eigenvalue weighted by molar-refractivity contribution is -0.142. The summed E-state index contributed by atoms with van der Waals surface area (Å²) in [6, 6.07) is 9.73. The molecule has 2 fully saturated rings. The predicted octanol–water partition coefficient (Wildman–Crippen LogP) is 1.26. The second-order valence-corrected chi connectivity index (χ2v) is 7.56. The van der Waals surface area contributed by atoms with Gasteiger partial charge >= 0.3 is 0 Å². The molecule has 4 rings (SSSR count). The van der Waals surface area contributed by atoms with Crippen molar-refractivity contribution in [3.63, 3.8) is 0 Å². The van der Waals surface area contributed by atoms with Crippen molar-refractivity contribution in [3.05, 3.63) is 48.5 Å². The summed E-state index contributed by atoms with van der Waals surface area (Å²) >= 11 is 0. The van der Waals surface area contributed by atoms with Crippen molar-refractivity contribution in [1.29, 1.82) is 0 Å². The van der Waals surface area contributed by atoms with Crippen molar-refractivity contribution < 1.29 is 9.59 Å². The van der Waals surface area contributed by atoms with Crippen molar-refractivity contribution in [2.75, 3.05) is 31.1 Å². The number of imidazole rings is 1. The number of anilines is 1. The van der Waals surface area contributed by atoms with Crippen molar-refractivity contribution in [1.82, 2.24) is 19.4 Å². The van der Waals surface area contributed by atoms with Crippen molar-refractivity contribution in [2.45, 2.75) is 25.4 Å². The van der Waals surface area contributed by atoms with Gasteiger partial charge in [-0.15, -0.1) is 0 Å². The molecule has 0 saturated carbocycles. The Bertz CT molecular complexity index is 849. The van der Waals surface area contributed by atoms with Gasteiger partial charge in [0, 0.05) is 45.1 Å². The molecule has 2 aliphatic rings. The van der Waals surface area contributed by atoms with Gasteiger partial charge in [-0.05, 0) is 18.6 Å². The molecule has 0 bridgehead atoms. The maximum absolute atomic E-state index is 12.7. The van der Waals surface area contributed by atoms with Crippen LogP contribution in [-0.4, -0.2) is 62.9 Å². The summed E-state index contributed by atoms with van der Waals surface area (Å²) in [5.74, 6) is 0.952. The van der Waals surface area contributed by atoms with Crippen LogP contribution < -0.4 is 4.90 Å². The second-order valence-electron chi connectivity index (χ2n) is 7.56. The fraction of sp³-hybridized carbons (Fsp3) is 0.450. The zero-order chi connectivity index (χ0) is 19.0. The number of aryl methyl sites for hydroxylation is 1. The highest BCUT2D eigenvalue weighted by atomic mass is 16.2. The highest BCUT2D eigenvalue weighted by Crippen LogP contribution is 2.35. The molecule has 142 valence electrons. The van der Waals surface area contributed by atoms with E-state index in [1.54, 1.807) is 18.0 Å². The summed E-state index contributed by atoms with van der Waals surface area (Å²) in [6.07, 6.45) is 4.60. The van der Waals surface area contributed by atoms with E-state index >= 15 is 0 Å².